The number of rotatable bonds is 9. The van der Waals surface area contributed by atoms with Gasteiger partial charge in [-0.2, -0.15) is 0 Å². The Labute approximate surface area is 201 Å². The summed E-state index contributed by atoms with van der Waals surface area (Å²) in [4.78, 5) is 52.5. The van der Waals surface area contributed by atoms with E-state index in [1.54, 1.807) is 12.4 Å². The fourth-order valence-electron chi connectivity index (χ4n) is 1.65. The maximum atomic E-state index is 10.1. The van der Waals surface area contributed by atoms with E-state index in [1.807, 2.05) is 0 Å². The van der Waals surface area contributed by atoms with Gasteiger partial charge >= 0.3 is 23.0 Å². The van der Waals surface area contributed by atoms with Crippen molar-refractivity contribution in [3.05, 3.63) is 48.6 Å². The second kappa shape index (κ2) is 17.8. The van der Waals surface area contributed by atoms with Crippen LogP contribution in [0.15, 0.2) is 37.2 Å². The van der Waals surface area contributed by atoms with Crippen molar-refractivity contribution in [1.29, 1.82) is 0 Å². The first kappa shape index (κ1) is 32.5. The molecule has 15 nitrogen and oxygen atoms in total. The summed E-state index contributed by atoms with van der Waals surface area (Å²) in [6.07, 6.45) is 2.27. The maximum absolute atomic E-state index is 10.1. The Bertz CT molecular complexity index is 862. The molecule has 0 unspecified atom stereocenters. The van der Waals surface area contributed by atoms with Crippen LogP contribution >= 0.6 is 0 Å². The molecule has 2 aromatic heterocycles. The van der Waals surface area contributed by atoms with E-state index >= 15 is 0 Å². The Balaban J connectivity index is 0. The normalized spacial score (nSPS) is 13.8. The number of carbonyl (C=O) groups excluding carboxylic acids is 3. The van der Waals surface area contributed by atoms with E-state index in [9.17, 15) is 29.4 Å². The van der Waals surface area contributed by atoms with Crippen molar-refractivity contribution in [2.45, 2.75) is 24.4 Å². The Morgan fingerprint density at radius 3 is 1.53 bits per heavy atom. The minimum atomic E-state index is -2.25. The van der Waals surface area contributed by atoms with Crippen LogP contribution in [0.3, 0.4) is 0 Å². The van der Waals surface area contributed by atoms with Gasteiger partial charge in [0.2, 0.25) is 0 Å². The molecule has 7 N–H and O–H groups in total. The number of carboxylic acids is 3. The standard InChI is InChI=1S/2C6H6N2O2.C6H10O7.Se/c2*9-6(10)2-1-5-3-7-4-8-5;7-1-2(8)3(9)4(10)5(11)6(12)13;/h2*1-4H,(H,7,8)(H,9,10);1-5,8-11H,(H,12,13);/q;;;+2/p-2/t;;2-,3+,4-,5-;/m..0./s1. The molecule has 4 atom stereocenters. The predicted octanol–water partition coefficient (Wildman–Crippen LogP) is -5.32. The van der Waals surface area contributed by atoms with Gasteiger partial charge in [0.1, 0.15) is 18.3 Å². The van der Waals surface area contributed by atoms with Crippen LogP contribution in [0.1, 0.15) is 11.4 Å². The van der Waals surface area contributed by atoms with Crippen molar-refractivity contribution in [3.8, 4) is 0 Å². The Morgan fingerprint density at radius 1 is 0.853 bits per heavy atom. The number of hydrogen-bond acceptors (Lipinski definition) is 12. The SMILES string of the molecule is O=C([O-])C=Cc1c[nH]cn1.O=C([O-])C=Cc1c[nH]cn1.O=C[C@H](O)[C@@H](O)[C@H](O)[C@H](O)C(=O)O.[Se+2]. The Hall–Kier alpha value is -3.66. The van der Waals surface area contributed by atoms with E-state index in [2.05, 4.69) is 19.9 Å². The molecular weight excluding hydrogens is 527 g/mol. The molecule has 0 aliphatic carbocycles. The molecule has 0 spiro atoms. The quantitative estimate of drug-likeness (QED) is 0.0879. The van der Waals surface area contributed by atoms with Gasteiger partial charge in [-0.25, -0.2) is 14.8 Å². The predicted molar refractivity (Wildman–Crippen MR) is 109 cm³/mol. The third-order valence-corrected chi connectivity index (χ3v) is 3.23. The van der Waals surface area contributed by atoms with E-state index in [1.165, 1.54) is 24.8 Å². The van der Waals surface area contributed by atoms with Gasteiger partial charge in [-0.15, -0.1) is 0 Å². The topological polar surface area (TPSA) is 273 Å². The average molecular weight is 547 g/mol. The monoisotopic (exact) mass is 548 g/mol. The van der Waals surface area contributed by atoms with Crippen molar-refractivity contribution in [2.24, 2.45) is 0 Å². The fourth-order valence-corrected chi connectivity index (χ4v) is 1.65. The largest absolute Gasteiger partial charge is 2.00 e. The van der Waals surface area contributed by atoms with E-state index < -0.39 is 42.3 Å². The van der Waals surface area contributed by atoms with E-state index in [4.69, 9.17) is 25.5 Å². The minimum Gasteiger partial charge on any atom is -0.545 e. The first-order valence-corrected chi connectivity index (χ1v) is 8.65. The van der Waals surface area contributed by atoms with E-state index in [0.29, 0.717) is 11.4 Å². The Morgan fingerprint density at radius 2 is 1.26 bits per heavy atom. The molecule has 0 amide bonds. The van der Waals surface area contributed by atoms with E-state index in [-0.39, 0.29) is 23.4 Å². The number of carboxylic acid groups (broad SMARTS) is 3. The number of hydrogen-bond donors (Lipinski definition) is 7. The maximum Gasteiger partial charge on any atom is 2.00 e. The van der Waals surface area contributed by atoms with Gasteiger partial charge in [0.05, 0.1) is 36.0 Å². The molecule has 16 heteroatoms. The van der Waals surface area contributed by atoms with Gasteiger partial charge in [-0.3, -0.25) is 0 Å². The zero-order chi connectivity index (χ0) is 25.4. The summed E-state index contributed by atoms with van der Waals surface area (Å²) >= 11 is 0. The first-order valence-electron chi connectivity index (χ1n) is 8.65. The number of nitrogens with zero attached hydrogens (tertiary/aromatic N) is 2. The second-order valence-electron chi connectivity index (χ2n) is 5.68. The molecule has 2 rings (SSSR count). The number of aldehydes is 1. The third kappa shape index (κ3) is 14.4. The number of nitrogens with one attached hydrogen (secondary N) is 2. The molecule has 0 fully saturated rings. The number of aromatic nitrogens is 4. The smallest absolute Gasteiger partial charge is 0.545 e. The zero-order valence-electron chi connectivity index (χ0n) is 17.0. The van der Waals surface area contributed by atoms with Gasteiger partial charge in [0.25, 0.3) is 0 Å². The average Bonchev–Trinajstić information content (AvgIpc) is 3.49. The number of aliphatic hydroxyl groups is 4. The summed E-state index contributed by atoms with van der Waals surface area (Å²) in [6.45, 7) is 0. The van der Waals surface area contributed by atoms with Crippen molar-refractivity contribution in [3.63, 3.8) is 0 Å². The molecule has 0 bridgehead atoms. The number of imidazole rings is 2. The fraction of sp³-hybridized carbons (Fsp3) is 0.222. The van der Waals surface area contributed by atoms with Gasteiger partial charge in [0.15, 0.2) is 12.4 Å². The van der Waals surface area contributed by atoms with Crippen LogP contribution in [0, 0.1) is 0 Å². The summed E-state index contributed by atoms with van der Waals surface area (Å²) in [5.41, 5.74) is 1.15. The Kier molecular flexibility index (Phi) is 17.1. The summed E-state index contributed by atoms with van der Waals surface area (Å²) in [5.74, 6) is -4.20. The van der Waals surface area contributed by atoms with Crippen LogP contribution < -0.4 is 10.2 Å². The van der Waals surface area contributed by atoms with Crippen LogP contribution in [-0.2, 0) is 19.2 Å². The van der Waals surface area contributed by atoms with Crippen molar-refractivity contribution in [2.75, 3.05) is 0 Å². The van der Waals surface area contributed by atoms with Crippen molar-refractivity contribution in [1.82, 2.24) is 19.9 Å². The molecule has 0 aliphatic heterocycles. The van der Waals surface area contributed by atoms with Crippen LogP contribution in [0.5, 0.6) is 0 Å². The molecule has 2 aromatic rings. The summed E-state index contributed by atoms with van der Waals surface area (Å²) < 4.78 is 0. The van der Waals surface area contributed by atoms with Crippen LogP contribution in [0.2, 0.25) is 0 Å². The van der Waals surface area contributed by atoms with Gasteiger partial charge in [-0.1, -0.05) is 0 Å². The molecule has 0 aliphatic rings. The summed E-state index contributed by atoms with van der Waals surface area (Å²) in [7, 11) is 0. The third-order valence-electron chi connectivity index (χ3n) is 3.23. The van der Waals surface area contributed by atoms with Gasteiger partial charge in [0, 0.05) is 12.4 Å². The van der Waals surface area contributed by atoms with Crippen molar-refractivity contribution < 1.29 is 54.9 Å². The molecule has 0 saturated carbocycles. The molecule has 0 aromatic carbocycles. The van der Waals surface area contributed by atoms with Gasteiger partial charge in [-0.05, 0) is 24.3 Å². The number of aliphatic carboxylic acids is 3. The molecule has 34 heavy (non-hydrogen) atoms. The van der Waals surface area contributed by atoms with Crippen LogP contribution in [0.4, 0.5) is 0 Å². The van der Waals surface area contributed by atoms with Crippen molar-refractivity contribution >= 4 is 53.4 Å². The number of H-pyrrole nitrogens is 2. The molecule has 4 radical (unpaired) electrons. The number of aromatic amines is 2. The molecular formula is C18H20N4O11Se. The molecule has 0 saturated heterocycles. The van der Waals surface area contributed by atoms with Gasteiger partial charge < -0.3 is 60.1 Å². The number of aliphatic hydroxyl groups excluding tert-OH is 4. The van der Waals surface area contributed by atoms with Crippen LogP contribution in [-0.4, -0.2) is 111 Å². The summed E-state index contributed by atoms with van der Waals surface area (Å²) in [6, 6.07) is 0. The van der Waals surface area contributed by atoms with Crippen LogP contribution in [0.25, 0.3) is 12.2 Å². The second-order valence-corrected chi connectivity index (χ2v) is 5.68. The minimum absolute atomic E-state index is 0. The molecule has 2 heterocycles. The molecule has 184 valence electrons. The van der Waals surface area contributed by atoms with E-state index in [0.717, 1.165) is 12.2 Å². The number of carbonyl (C=O) groups is 4. The zero-order valence-corrected chi connectivity index (χ0v) is 18.7. The summed E-state index contributed by atoms with van der Waals surface area (Å²) in [5, 5.41) is 62.9. The first-order chi connectivity index (χ1) is 15.5.